The van der Waals surface area contributed by atoms with Crippen LogP contribution >= 0.6 is 0 Å². The molecule has 1 fully saturated rings. The van der Waals surface area contributed by atoms with Gasteiger partial charge in [-0.3, -0.25) is 14.4 Å². The van der Waals surface area contributed by atoms with Crippen LogP contribution in [0.25, 0.3) is 0 Å². The van der Waals surface area contributed by atoms with Crippen molar-refractivity contribution in [2.75, 3.05) is 26.7 Å². The van der Waals surface area contributed by atoms with Gasteiger partial charge in [-0.25, -0.2) is 0 Å². The van der Waals surface area contributed by atoms with Crippen molar-refractivity contribution in [3.05, 3.63) is 17.5 Å². The third-order valence-electron chi connectivity index (χ3n) is 3.91. The molecule has 6 nitrogen and oxygen atoms in total. The van der Waals surface area contributed by atoms with Gasteiger partial charge in [-0.05, 0) is 33.7 Å². The van der Waals surface area contributed by atoms with Crippen molar-refractivity contribution in [1.29, 1.82) is 0 Å². The number of aromatic nitrogens is 2. The molecule has 1 atom stereocenters. The number of carbonyl (C=O) groups is 1. The predicted octanol–water partition coefficient (Wildman–Crippen LogP) is 0.938. The van der Waals surface area contributed by atoms with Crippen LogP contribution in [0.1, 0.15) is 31.0 Å². The number of carbonyl (C=O) groups excluding carboxylic acids is 1. The quantitative estimate of drug-likeness (QED) is 0.813. The summed E-state index contributed by atoms with van der Waals surface area (Å²) >= 11 is 0. The number of amides is 1. The second-order valence-electron chi connectivity index (χ2n) is 5.68. The van der Waals surface area contributed by atoms with E-state index >= 15 is 0 Å². The molecule has 2 rings (SSSR count). The van der Waals surface area contributed by atoms with Gasteiger partial charge in [0, 0.05) is 37.5 Å². The lowest BCUT2D eigenvalue weighted by Crippen LogP contribution is -2.38. The van der Waals surface area contributed by atoms with Gasteiger partial charge >= 0.3 is 0 Å². The molecule has 1 aromatic heterocycles. The molecule has 1 N–H and O–H groups in total. The number of aryl methyl sites for hydroxylation is 1. The van der Waals surface area contributed by atoms with Crippen LogP contribution in [-0.4, -0.2) is 53.4 Å². The largest absolute Gasteiger partial charge is 0.376 e. The summed E-state index contributed by atoms with van der Waals surface area (Å²) in [5.41, 5.74) is 2.34. The Bertz CT molecular complexity index is 466. The van der Waals surface area contributed by atoms with E-state index in [1.165, 1.54) is 11.3 Å². The number of nitrogens with one attached hydrogen (secondary N) is 1. The molecule has 0 aromatic carbocycles. The van der Waals surface area contributed by atoms with Gasteiger partial charge in [0.15, 0.2) is 0 Å². The molecule has 1 amide bonds. The molecule has 0 radical (unpaired) electrons. The fraction of sp³-hybridized carbons (Fsp3) is 0.733. The first kappa shape index (κ1) is 16.0. The van der Waals surface area contributed by atoms with Crippen molar-refractivity contribution >= 4 is 5.91 Å². The molecule has 1 saturated heterocycles. The first-order chi connectivity index (χ1) is 10.1. The minimum atomic E-state index is 0.0496. The van der Waals surface area contributed by atoms with Gasteiger partial charge in [0.1, 0.15) is 0 Å². The SMILES string of the molecule is CCn1ncc(CN(C)CC(=O)NCC2CCCO2)c1C. The Morgan fingerprint density at radius 3 is 3.05 bits per heavy atom. The molecular formula is C15H26N4O2. The number of hydrogen-bond donors (Lipinski definition) is 1. The fourth-order valence-electron chi connectivity index (χ4n) is 2.64. The molecule has 2 heterocycles. The lowest BCUT2D eigenvalue weighted by Gasteiger charge is -2.17. The third kappa shape index (κ3) is 4.54. The summed E-state index contributed by atoms with van der Waals surface area (Å²) in [5.74, 6) is 0.0496. The van der Waals surface area contributed by atoms with Crippen LogP contribution in [0.3, 0.4) is 0 Å². The highest BCUT2D eigenvalue weighted by Crippen LogP contribution is 2.11. The van der Waals surface area contributed by atoms with Crippen molar-refractivity contribution in [3.63, 3.8) is 0 Å². The Hall–Kier alpha value is -1.40. The van der Waals surface area contributed by atoms with E-state index in [1.54, 1.807) is 0 Å². The normalized spacial score (nSPS) is 18.4. The second-order valence-corrected chi connectivity index (χ2v) is 5.68. The summed E-state index contributed by atoms with van der Waals surface area (Å²) in [4.78, 5) is 13.9. The van der Waals surface area contributed by atoms with Gasteiger partial charge in [0.25, 0.3) is 0 Å². The Balaban J connectivity index is 1.73. The van der Waals surface area contributed by atoms with Crippen molar-refractivity contribution in [1.82, 2.24) is 20.0 Å². The highest BCUT2D eigenvalue weighted by molar-refractivity contribution is 5.78. The van der Waals surface area contributed by atoms with Crippen molar-refractivity contribution in [3.8, 4) is 0 Å². The summed E-state index contributed by atoms with van der Waals surface area (Å²) in [6, 6.07) is 0. The van der Waals surface area contributed by atoms with Crippen molar-refractivity contribution < 1.29 is 9.53 Å². The molecule has 21 heavy (non-hydrogen) atoms. The zero-order chi connectivity index (χ0) is 15.2. The van der Waals surface area contributed by atoms with Crippen LogP contribution in [0.15, 0.2) is 6.20 Å². The van der Waals surface area contributed by atoms with E-state index in [1.807, 2.05) is 22.8 Å². The minimum Gasteiger partial charge on any atom is -0.376 e. The first-order valence-electron chi connectivity index (χ1n) is 7.68. The molecule has 0 aliphatic carbocycles. The summed E-state index contributed by atoms with van der Waals surface area (Å²) in [7, 11) is 1.95. The van der Waals surface area contributed by atoms with E-state index in [0.717, 1.165) is 32.5 Å². The molecule has 0 bridgehead atoms. The monoisotopic (exact) mass is 294 g/mol. The van der Waals surface area contributed by atoms with Crippen LogP contribution in [0.2, 0.25) is 0 Å². The fourth-order valence-corrected chi connectivity index (χ4v) is 2.64. The maximum atomic E-state index is 11.9. The topological polar surface area (TPSA) is 59.4 Å². The molecule has 1 unspecified atom stereocenters. The Labute approximate surface area is 126 Å². The van der Waals surface area contributed by atoms with Crippen LogP contribution in [0.5, 0.6) is 0 Å². The van der Waals surface area contributed by atoms with Crippen molar-refractivity contribution in [2.24, 2.45) is 0 Å². The number of likely N-dealkylation sites (N-methyl/N-ethyl adjacent to an activating group) is 1. The Kier molecular flexibility index (Phi) is 5.76. The van der Waals surface area contributed by atoms with Gasteiger partial charge in [-0.2, -0.15) is 5.10 Å². The third-order valence-corrected chi connectivity index (χ3v) is 3.91. The minimum absolute atomic E-state index is 0.0496. The zero-order valence-electron chi connectivity index (χ0n) is 13.3. The molecular weight excluding hydrogens is 268 g/mol. The zero-order valence-corrected chi connectivity index (χ0v) is 13.3. The number of hydrogen-bond acceptors (Lipinski definition) is 4. The van der Waals surface area contributed by atoms with Gasteiger partial charge < -0.3 is 10.1 Å². The standard InChI is InChI=1S/C15H26N4O2/c1-4-19-12(2)13(8-17-19)10-18(3)11-15(20)16-9-14-6-5-7-21-14/h8,14H,4-7,9-11H2,1-3H3,(H,16,20). The second kappa shape index (κ2) is 7.56. The Morgan fingerprint density at radius 1 is 1.62 bits per heavy atom. The highest BCUT2D eigenvalue weighted by Gasteiger charge is 2.17. The number of rotatable bonds is 7. The molecule has 0 spiro atoms. The lowest BCUT2D eigenvalue weighted by atomic mass is 10.2. The molecule has 1 aromatic rings. The van der Waals surface area contributed by atoms with Crippen molar-refractivity contribution in [2.45, 2.75) is 45.9 Å². The molecule has 118 valence electrons. The van der Waals surface area contributed by atoms with E-state index in [0.29, 0.717) is 13.1 Å². The van der Waals surface area contributed by atoms with E-state index in [2.05, 4.69) is 24.3 Å². The van der Waals surface area contributed by atoms with Crippen LogP contribution in [-0.2, 0) is 22.6 Å². The van der Waals surface area contributed by atoms with Crippen LogP contribution in [0.4, 0.5) is 0 Å². The van der Waals surface area contributed by atoms with Gasteiger partial charge in [0.05, 0.1) is 18.8 Å². The number of ether oxygens (including phenoxy) is 1. The molecule has 1 aliphatic heterocycles. The number of nitrogens with zero attached hydrogens (tertiary/aromatic N) is 3. The summed E-state index contributed by atoms with van der Waals surface area (Å²) in [6.45, 7) is 7.59. The van der Waals surface area contributed by atoms with Gasteiger partial charge in [-0.1, -0.05) is 0 Å². The summed E-state index contributed by atoms with van der Waals surface area (Å²) in [6.07, 6.45) is 4.23. The van der Waals surface area contributed by atoms with E-state index in [4.69, 9.17) is 4.74 Å². The van der Waals surface area contributed by atoms with Gasteiger partial charge in [0.2, 0.25) is 5.91 Å². The maximum Gasteiger partial charge on any atom is 0.234 e. The average Bonchev–Trinajstić information content (AvgIpc) is 3.07. The average molecular weight is 294 g/mol. The molecule has 0 saturated carbocycles. The van der Waals surface area contributed by atoms with Crippen LogP contribution in [0, 0.1) is 6.92 Å². The van der Waals surface area contributed by atoms with Crippen LogP contribution < -0.4 is 5.32 Å². The lowest BCUT2D eigenvalue weighted by molar-refractivity contribution is -0.122. The summed E-state index contributed by atoms with van der Waals surface area (Å²) < 4.78 is 7.47. The van der Waals surface area contributed by atoms with E-state index in [9.17, 15) is 4.79 Å². The smallest absolute Gasteiger partial charge is 0.234 e. The maximum absolute atomic E-state index is 11.9. The van der Waals surface area contributed by atoms with Gasteiger partial charge in [-0.15, -0.1) is 0 Å². The predicted molar refractivity (Wildman–Crippen MR) is 81.0 cm³/mol. The Morgan fingerprint density at radius 2 is 2.43 bits per heavy atom. The first-order valence-corrected chi connectivity index (χ1v) is 7.68. The molecule has 6 heteroatoms. The highest BCUT2D eigenvalue weighted by atomic mass is 16.5. The molecule has 1 aliphatic rings. The van der Waals surface area contributed by atoms with E-state index in [-0.39, 0.29) is 12.0 Å². The summed E-state index contributed by atoms with van der Waals surface area (Å²) in [5, 5.41) is 7.27. The van der Waals surface area contributed by atoms with E-state index < -0.39 is 0 Å².